The lowest BCUT2D eigenvalue weighted by atomic mass is 10.2. The van der Waals surface area contributed by atoms with E-state index in [-0.39, 0.29) is 17.3 Å². The van der Waals surface area contributed by atoms with E-state index in [0.29, 0.717) is 5.56 Å². The summed E-state index contributed by atoms with van der Waals surface area (Å²) in [7, 11) is -3.58. The van der Waals surface area contributed by atoms with E-state index in [2.05, 4.69) is 14.9 Å². The average molecular weight is 253 g/mol. The van der Waals surface area contributed by atoms with Crippen LogP contribution in [-0.2, 0) is 16.6 Å². The topological polar surface area (TPSA) is 95.1 Å². The van der Waals surface area contributed by atoms with Crippen molar-refractivity contribution in [1.29, 1.82) is 0 Å². The molecule has 0 aliphatic rings. The third kappa shape index (κ3) is 2.83. The fraction of sp³-hybridized carbons (Fsp3) is 0.100. The van der Waals surface area contributed by atoms with Gasteiger partial charge >= 0.3 is 0 Å². The maximum atomic E-state index is 11.7. The lowest BCUT2D eigenvalue weighted by Crippen LogP contribution is -2.23. The van der Waals surface area contributed by atoms with Gasteiger partial charge in [-0.15, -0.1) is 0 Å². The van der Waals surface area contributed by atoms with Crippen LogP contribution in [0.3, 0.4) is 0 Å². The van der Waals surface area contributed by atoms with E-state index in [0.717, 1.165) is 0 Å². The summed E-state index contributed by atoms with van der Waals surface area (Å²) in [5.41, 5.74) is 0.674. The molecule has 0 amide bonds. The van der Waals surface area contributed by atoms with Crippen LogP contribution in [0.15, 0.2) is 41.6 Å². The van der Waals surface area contributed by atoms with Crippen molar-refractivity contribution < 1.29 is 13.5 Å². The number of benzene rings is 1. The van der Waals surface area contributed by atoms with Gasteiger partial charge < -0.3 is 5.11 Å². The minimum Gasteiger partial charge on any atom is -0.508 e. The van der Waals surface area contributed by atoms with Gasteiger partial charge in [0.1, 0.15) is 5.75 Å². The fourth-order valence-electron chi connectivity index (χ4n) is 1.32. The van der Waals surface area contributed by atoms with Crippen LogP contribution in [0.25, 0.3) is 0 Å². The van der Waals surface area contributed by atoms with E-state index in [1.54, 1.807) is 12.1 Å². The molecule has 0 spiro atoms. The Kier molecular flexibility index (Phi) is 3.12. The van der Waals surface area contributed by atoms with Gasteiger partial charge in [0.15, 0.2) is 5.03 Å². The van der Waals surface area contributed by atoms with Gasteiger partial charge in [-0.2, -0.15) is 5.10 Å². The number of phenols is 1. The van der Waals surface area contributed by atoms with Gasteiger partial charge in [0.25, 0.3) is 10.0 Å². The molecule has 0 fully saturated rings. The van der Waals surface area contributed by atoms with E-state index in [4.69, 9.17) is 0 Å². The van der Waals surface area contributed by atoms with Crippen molar-refractivity contribution in [3.63, 3.8) is 0 Å². The van der Waals surface area contributed by atoms with E-state index >= 15 is 0 Å². The zero-order valence-corrected chi connectivity index (χ0v) is 9.61. The lowest BCUT2D eigenvalue weighted by Gasteiger charge is -2.04. The zero-order valence-electron chi connectivity index (χ0n) is 8.79. The van der Waals surface area contributed by atoms with Crippen molar-refractivity contribution in [2.75, 3.05) is 0 Å². The summed E-state index contributed by atoms with van der Waals surface area (Å²) in [6.07, 6.45) is 1.36. The quantitative estimate of drug-likeness (QED) is 0.743. The summed E-state index contributed by atoms with van der Waals surface area (Å²) in [5.74, 6) is 0.100. The molecule has 0 aliphatic heterocycles. The third-order valence-electron chi connectivity index (χ3n) is 2.14. The maximum Gasteiger partial charge on any atom is 0.257 e. The Morgan fingerprint density at radius 1 is 1.35 bits per heavy atom. The molecule has 2 rings (SSSR count). The van der Waals surface area contributed by atoms with Crippen molar-refractivity contribution in [1.82, 2.24) is 14.9 Å². The van der Waals surface area contributed by atoms with Crippen LogP contribution < -0.4 is 4.72 Å². The number of hydrogen-bond donors (Lipinski definition) is 3. The molecule has 0 unspecified atom stereocenters. The Morgan fingerprint density at radius 3 is 2.82 bits per heavy atom. The molecule has 1 heterocycles. The highest BCUT2D eigenvalue weighted by Gasteiger charge is 2.14. The first kappa shape index (κ1) is 11.6. The third-order valence-corrected chi connectivity index (χ3v) is 3.47. The summed E-state index contributed by atoms with van der Waals surface area (Å²) in [6, 6.07) is 7.75. The Hall–Kier alpha value is -1.86. The SMILES string of the molecule is O=S(=O)(NCc1cccc(O)c1)c1ccn[nH]1. The number of aromatic hydroxyl groups is 1. The molecule has 0 saturated carbocycles. The summed E-state index contributed by atoms with van der Waals surface area (Å²) in [4.78, 5) is 0. The number of sulfonamides is 1. The Balaban J connectivity index is 2.08. The first-order valence-electron chi connectivity index (χ1n) is 4.85. The minimum absolute atomic E-state index is 0.0117. The zero-order chi connectivity index (χ0) is 12.3. The number of aromatic nitrogens is 2. The number of H-pyrrole nitrogens is 1. The highest BCUT2D eigenvalue weighted by Crippen LogP contribution is 2.11. The molecule has 7 heteroatoms. The summed E-state index contributed by atoms with van der Waals surface area (Å²) < 4.78 is 25.8. The molecule has 17 heavy (non-hydrogen) atoms. The molecule has 1 aromatic heterocycles. The summed E-state index contributed by atoms with van der Waals surface area (Å²) in [5, 5.41) is 15.2. The number of nitrogens with one attached hydrogen (secondary N) is 2. The fourth-order valence-corrected chi connectivity index (χ4v) is 2.24. The molecule has 6 nitrogen and oxygen atoms in total. The number of aromatic amines is 1. The van der Waals surface area contributed by atoms with Crippen LogP contribution >= 0.6 is 0 Å². The Labute approximate surface area is 98.4 Å². The van der Waals surface area contributed by atoms with Crippen LogP contribution in [0.2, 0.25) is 0 Å². The molecule has 2 aromatic rings. The number of nitrogens with zero attached hydrogens (tertiary/aromatic N) is 1. The van der Waals surface area contributed by atoms with E-state index in [1.165, 1.54) is 24.4 Å². The van der Waals surface area contributed by atoms with Crippen molar-refractivity contribution in [3.8, 4) is 5.75 Å². The van der Waals surface area contributed by atoms with Crippen molar-refractivity contribution >= 4 is 10.0 Å². The molecule has 1 aromatic carbocycles. The molecule has 0 aliphatic carbocycles. The second-order valence-electron chi connectivity index (χ2n) is 3.42. The van der Waals surface area contributed by atoms with Gasteiger partial charge in [-0.3, -0.25) is 5.10 Å². The first-order valence-corrected chi connectivity index (χ1v) is 6.33. The van der Waals surface area contributed by atoms with Crippen LogP contribution in [-0.4, -0.2) is 23.7 Å². The predicted octanol–water partition coefficient (Wildman–Crippen LogP) is 0.594. The average Bonchev–Trinajstić information content (AvgIpc) is 2.81. The van der Waals surface area contributed by atoms with Crippen molar-refractivity contribution in [2.45, 2.75) is 11.6 Å². The molecular weight excluding hydrogens is 242 g/mol. The molecule has 0 bridgehead atoms. The first-order chi connectivity index (χ1) is 8.08. The van der Waals surface area contributed by atoms with Crippen molar-refractivity contribution in [3.05, 3.63) is 42.1 Å². The largest absolute Gasteiger partial charge is 0.508 e. The Morgan fingerprint density at radius 2 is 2.18 bits per heavy atom. The van der Waals surface area contributed by atoms with Gasteiger partial charge in [0, 0.05) is 6.54 Å². The van der Waals surface area contributed by atoms with Gasteiger partial charge in [0.05, 0.1) is 6.20 Å². The van der Waals surface area contributed by atoms with Gasteiger partial charge in [-0.25, -0.2) is 13.1 Å². The molecule has 0 saturated heterocycles. The number of phenolic OH excluding ortho intramolecular Hbond substituents is 1. The number of hydrogen-bond acceptors (Lipinski definition) is 4. The van der Waals surface area contributed by atoms with Crippen LogP contribution in [0.5, 0.6) is 5.75 Å². The second kappa shape index (κ2) is 4.56. The van der Waals surface area contributed by atoms with Crippen LogP contribution in [0.4, 0.5) is 0 Å². The predicted molar refractivity (Wildman–Crippen MR) is 60.7 cm³/mol. The normalized spacial score (nSPS) is 11.5. The molecule has 0 atom stereocenters. The smallest absolute Gasteiger partial charge is 0.257 e. The second-order valence-corrected chi connectivity index (χ2v) is 5.15. The number of rotatable bonds is 4. The summed E-state index contributed by atoms with van der Waals surface area (Å²) in [6.45, 7) is 0.107. The highest BCUT2D eigenvalue weighted by molar-refractivity contribution is 7.89. The van der Waals surface area contributed by atoms with Crippen LogP contribution in [0, 0.1) is 0 Å². The molecule has 0 radical (unpaired) electrons. The van der Waals surface area contributed by atoms with E-state index < -0.39 is 10.0 Å². The highest BCUT2D eigenvalue weighted by atomic mass is 32.2. The molecular formula is C10H11N3O3S. The van der Waals surface area contributed by atoms with Gasteiger partial charge in [-0.1, -0.05) is 12.1 Å². The van der Waals surface area contributed by atoms with Gasteiger partial charge in [0.2, 0.25) is 0 Å². The van der Waals surface area contributed by atoms with Gasteiger partial charge in [-0.05, 0) is 23.8 Å². The maximum absolute atomic E-state index is 11.7. The monoisotopic (exact) mass is 253 g/mol. The Bertz CT molecular complexity index is 593. The molecule has 90 valence electrons. The summed E-state index contributed by atoms with van der Waals surface area (Å²) >= 11 is 0. The van der Waals surface area contributed by atoms with E-state index in [9.17, 15) is 13.5 Å². The van der Waals surface area contributed by atoms with Crippen molar-refractivity contribution in [2.24, 2.45) is 0 Å². The van der Waals surface area contributed by atoms with E-state index in [1.807, 2.05) is 0 Å². The van der Waals surface area contributed by atoms with Crippen LogP contribution in [0.1, 0.15) is 5.56 Å². The lowest BCUT2D eigenvalue weighted by molar-refractivity contribution is 0.474. The minimum atomic E-state index is -3.58. The standard InChI is InChI=1S/C10H11N3O3S/c14-9-3-1-2-8(6-9)7-12-17(15,16)10-4-5-11-13-10/h1-6,12,14H,7H2,(H,11,13). The molecule has 3 N–H and O–H groups in total.